The van der Waals surface area contributed by atoms with Crippen LogP contribution in [-0.4, -0.2) is 60.4 Å². The van der Waals surface area contributed by atoms with Crippen molar-refractivity contribution in [3.63, 3.8) is 0 Å². The normalized spacial score (nSPS) is 27.8. The van der Waals surface area contributed by atoms with Crippen LogP contribution < -0.4 is 5.32 Å². The lowest BCUT2D eigenvalue weighted by atomic mass is 10.1. The van der Waals surface area contributed by atoms with Crippen LogP contribution in [0, 0.1) is 5.92 Å². The van der Waals surface area contributed by atoms with Gasteiger partial charge in [0.15, 0.2) is 0 Å². The number of nitrogens with zero attached hydrogens (tertiary/aromatic N) is 2. The number of piperazine rings is 1. The lowest BCUT2D eigenvalue weighted by Gasteiger charge is -2.30. The largest absolute Gasteiger partial charge is 0.340 e. The highest BCUT2D eigenvalue weighted by atomic mass is 35.5. The van der Waals surface area contributed by atoms with Crippen molar-refractivity contribution >= 4 is 24.2 Å². The number of carbonyl (C=O) groups excluding carboxylic acids is 2. The Labute approximate surface area is 126 Å². The molecule has 3 fully saturated rings. The predicted octanol–water partition coefficient (Wildman–Crippen LogP) is 0.631. The Morgan fingerprint density at radius 1 is 1.15 bits per heavy atom. The van der Waals surface area contributed by atoms with Gasteiger partial charge in [0.25, 0.3) is 0 Å². The van der Waals surface area contributed by atoms with Crippen molar-refractivity contribution < 1.29 is 9.59 Å². The Morgan fingerprint density at radius 3 is 2.45 bits per heavy atom. The molecule has 3 aliphatic rings. The summed E-state index contributed by atoms with van der Waals surface area (Å²) in [4.78, 5) is 28.4. The Bertz CT molecular complexity index is 365. The maximum absolute atomic E-state index is 12.4. The van der Waals surface area contributed by atoms with E-state index in [1.54, 1.807) is 0 Å². The number of likely N-dealkylation sites (tertiary alicyclic amines) is 1. The average Bonchev–Trinajstić information content (AvgIpc) is 3.08. The summed E-state index contributed by atoms with van der Waals surface area (Å²) in [6.07, 6.45) is 5.13. The Hall–Kier alpha value is -0.810. The van der Waals surface area contributed by atoms with Gasteiger partial charge in [0, 0.05) is 45.2 Å². The molecule has 1 atom stereocenters. The van der Waals surface area contributed by atoms with Crippen LogP contribution in [0.4, 0.5) is 0 Å². The van der Waals surface area contributed by atoms with Crippen molar-refractivity contribution in [3.8, 4) is 0 Å². The summed E-state index contributed by atoms with van der Waals surface area (Å²) in [5.74, 6) is 0.293. The van der Waals surface area contributed by atoms with Gasteiger partial charge in [-0.1, -0.05) is 12.8 Å². The minimum Gasteiger partial charge on any atom is -0.340 e. The molecule has 0 aromatic heterocycles. The lowest BCUT2D eigenvalue weighted by Crippen LogP contribution is -2.49. The average molecular weight is 302 g/mol. The van der Waals surface area contributed by atoms with Crippen LogP contribution >= 0.6 is 12.4 Å². The Morgan fingerprint density at radius 2 is 1.80 bits per heavy atom. The van der Waals surface area contributed by atoms with Crippen molar-refractivity contribution in [3.05, 3.63) is 0 Å². The van der Waals surface area contributed by atoms with Gasteiger partial charge in [-0.05, 0) is 12.8 Å². The smallest absolute Gasteiger partial charge is 0.228 e. The van der Waals surface area contributed by atoms with Gasteiger partial charge >= 0.3 is 0 Å². The fraction of sp³-hybridized carbons (Fsp3) is 0.857. The quantitative estimate of drug-likeness (QED) is 0.814. The highest BCUT2D eigenvalue weighted by Gasteiger charge is 2.40. The molecule has 20 heavy (non-hydrogen) atoms. The molecular weight excluding hydrogens is 278 g/mol. The zero-order valence-electron chi connectivity index (χ0n) is 11.8. The summed E-state index contributed by atoms with van der Waals surface area (Å²) in [6, 6.07) is 0.410. The van der Waals surface area contributed by atoms with Crippen LogP contribution in [0.5, 0.6) is 0 Å². The highest BCUT2D eigenvalue weighted by Crippen LogP contribution is 2.30. The van der Waals surface area contributed by atoms with E-state index in [4.69, 9.17) is 0 Å². The van der Waals surface area contributed by atoms with Gasteiger partial charge in [-0.3, -0.25) is 9.59 Å². The molecule has 0 aromatic carbocycles. The standard InChI is InChI=1S/C14H23N3O2.ClH/c18-13-9-11(10-17(13)12-3-1-2-4-12)14(19)16-7-5-15-6-8-16;/h11-12,15H,1-10H2;1H. The summed E-state index contributed by atoms with van der Waals surface area (Å²) in [7, 11) is 0. The van der Waals surface area contributed by atoms with E-state index < -0.39 is 0 Å². The van der Waals surface area contributed by atoms with Crippen LogP contribution in [0.1, 0.15) is 32.1 Å². The molecule has 0 aromatic rings. The van der Waals surface area contributed by atoms with Gasteiger partial charge in [0.1, 0.15) is 0 Å². The first-order valence-corrected chi connectivity index (χ1v) is 7.54. The topological polar surface area (TPSA) is 52.7 Å². The second kappa shape index (κ2) is 6.76. The molecule has 114 valence electrons. The third-order valence-electron chi connectivity index (χ3n) is 4.70. The van der Waals surface area contributed by atoms with Crippen LogP contribution in [0.2, 0.25) is 0 Å². The molecule has 3 rings (SSSR count). The molecule has 6 heteroatoms. The third-order valence-corrected chi connectivity index (χ3v) is 4.70. The predicted molar refractivity (Wildman–Crippen MR) is 78.8 cm³/mol. The van der Waals surface area contributed by atoms with Crippen LogP contribution in [0.3, 0.4) is 0 Å². The molecule has 1 N–H and O–H groups in total. The molecule has 0 radical (unpaired) electrons. The van der Waals surface area contributed by atoms with Crippen LogP contribution in [0.25, 0.3) is 0 Å². The molecule has 0 spiro atoms. The Balaban J connectivity index is 0.00000147. The maximum Gasteiger partial charge on any atom is 0.228 e. The monoisotopic (exact) mass is 301 g/mol. The molecule has 2 aliphatic heterocycles. The number of rotatable bonds is 2. The second-order valence-corrected chi connectivity index (χ2v) is 5.96. The van der Waals surface area contributed by atoms with E-state index in [1.807, 2.05) is 9.80 Å². The maximum atomic E-state index is 12.4. The molecule has 5 nitrogen and oxygen atoms in total. The molecule has 1 aliphatic carbocycles. The highest BCUT2D eigenvalue weighted by molar-refractivity contribution is 5.89. The van der Waals surface area contributed by atoms with E-state index in [1.165, 1.54) is 12.8 Å². The Kier molecular flexibility index (Phi) is 5.27. The van der Waals surface area contributed by atoms with E-state index in [-0.39, 0.29) is 30.1 Å². The number of hydrogen-bond acceptors (Lipinski definition) is 3. The van der Waals surface area contributed by atoms with Crippen molar-refractivity contribution in [1.82, 2.24) is 15.1 Å². The third kappa shape index (κ3) is 3.09. The van der Waals surface area contributed by atoms with Gasteiger partial charge < -0.3 is 15.1 Å². The van der Waals surface area contributed by atoms with Gasteiger partial charge in [0.05, 0.1) is 5.92 Å². The fourth-order valence-corrected chi connectivity index (χ4v) is 3.61. The molecule has 1 unspecified atom stereocenters. The fourth-order valence-electron chi connectivity index (χ4n) is 3.61. The minimum atomic E-state index is -0.0915. The lowest BCUT2D eigenvalue weighted by molar-refractivity contribution is -0.136. The SMILES string of the molecule is Cl.O=C(C1CC(=O)N(C2CCCC2)C1)N1CCNCC1. The van der Waals surface area contributed by atoms with Crippen LogP contribution in [-0.2, 0) is 9.59 Å². The van der Waals surface area contributed by atoms with Gasteiger partial charge in [-0.15, -0.1) is 12.4 Å². The first-order chi connectivity index (χ1) is 9.25. The summed E-state index contributed by atoms with van der Waals surface area (Å²) in [5.41, 5.74) is 0. The molecule has 1 saturated carbocycles. The number of nitrogens with one attached hydrogen (secondary N) is 1. The van der Waals surface area contributed by atoms with Crippen LogP contribution in [0.15, 0.2) is 0 Å². The summed E-state index contributed by atoms with van der Waals surface area (Å²) in [6.45, 7) is 3.98. The van der Waals surface area contributed by atoms with Gasteiger partial charge in [0.2, 0.25) is 11.8 Å². The molecular formula is C14H24ClN3O2. The number of hydrogen-bond donors (Lipinski definition) is 1. The van der Waals surface area contributed by atoms with Crippen molar-refractivity contribution in [1.29, 1.82) is 0 Å². The van der Waals surface area contributed by atoms with E-state index >= 15 is 0 Å². The molecule has 2 amide bonds. The molecule has 2 saturated heterocycles. The summed E-state index contributed by atoms with van der Waals surface area (Å²) in [5, 5.41) is 3.25. The second-order valence-electron chi connectivity index (χ2n) is 5.96. The van der Waals surface area contributed by atoms with Crippen molar-refractivity contribution in [2.45, 2.75) is 38.1 Å². The van der Waals surface area contributed by atoms with E-state index in [0.717, 1.165) is 39.0 Å². The van der Waals surface area contributed by atoms with Gasteiger partial charge in [-0.25, -0.2) is 0 Å². The van der Waals surface area contributed by atoms with Gasteiger partial charge in [-0.2, -0.15) is 0 Å². The molecule has 2 heterocycles. The van der Waals surface area contributed by atoms with E-state index in [2.05, 4.69) is 5.32 Å². The van der Waals surface area contributed by atoms with Crippen molar-refractivity contribution in [2.75, 3.05) is 32.7 Å². The van der Waals surface area contributed by atoms with E-state index in [9.17, 15) is 9.59 Å². The first kappa shape index (κ1) is 15.6. The zero-order valence-corrected chi connectivity index (χ0v) is 12.7. The number of halogens is 1. The molecule has 0 bridgehead atoms. The summed E-state index contributed by atoms with van der Waals surface area (Å²) >= 11 is 0. The summed E-state index contributed by atoms with van der Waals surface area (Å²) < 4.78 is 0. The van der Waals surface area contributed by atoms with Crippen molar-refractivity contribution in [2.24, 2.45) is 5.92 Å². The first-order valence-electron chi connectivity index (χ1n) is 7.54. The number of amides is 2. The van der Waals surface area contributed by atoms with E-state index in [0.29, 0.717) is 19.0 Å². The number of carbonyl (C=O) groups is 2. The zero-order chi connectivity index (χ0) is 13.2. The minimum absolute atomic E-state index is 0.